The lowest BCUT2D eigenvalue weighted by Gasteiger charge is -2.34. The third kappa shape index (κ3) is 3.32. The van der Waals surface area contributed by atoms with E-state index in [9.17, 15) is 0 Å². The third-order valence-electron chi connectivity index (χ3n) is 5.77. The van der Waals surface area contributed by atoms with Crippen LogP contribution in [0.2, 0.25) is 0 Å². The Balaban J connectivity index is 1.47. The summed E-state index contributed by atoms with van der Waals surface area (Å²) in [5.74, 6) is 1.69. The maximum Gasteiger partial charge on any atom is 0.0235 e. The highest BCUT2D eigenvalue weighted by molar-refractivity contribution is 4.88. The highest BCUT2D eigenvalue weighted by Gasteiger charge is 2.32. The minimum Gasteiger partial charge on any atom is -0.330 e. The fourth-order valence-corrected chi connectivity index (χ4v) is 4.55. The zero-order valence-electron chi connectivity index (χ0n) is 12.4. The monoisotopic (exact) mass is 265 g/mol. The van der Waals surface area contributed by atoms with Gasteiger partial charge in [0.2, 0.25) is 0 Å². The van der Waals surface area contributed by atoms with E-state index >= 15 is 0 Å². The number of hydrogen-bond donors (Lipinski definition) is 1. The Morgan fingerprint density at radius 2 is 1.58 bits per heavy atom. The van der Waals surface area contributed by atoms with Crippen LogP contribution in [0.4, 0.5) is 0 Å². The van der Waals surface area contributed by atoms with Gasteiger partial charge in [0, 0.05) is 19.1 Å². The molecule has 1 aliphatic carbocycles. The summed E-state index contributed by atoms with van der Waals surface area (Å²) in [5.41, 5.74) is 5.97. The van der Waals surface area contributed by atoms with E-state index in [0.717, 1.165) is 24.4 Å². The van der Waals surface area contributed by atoms with Crippen molar-refractivity contribution in [1.82, 2.24) is 9.80 Å². The van der Waals surface area contributed by atoms with Crippen LogP contribution in [0.1, 0.15) is 44.9 Å². The molecular weight excluding hydrogens is 234 g/mol. The molecule has 2 heterocycles. The predicted octanol–water partition coefficient (Wildman–Crippen LogP) is 1.92. The molecule has 0 bridgehead atoms. The molecule has 2 aliphatic heterocycles. The smallest absolute Gasteiger partial charge is 0.0235 e. The zero-order valence-corrected chi connectivity index (χ0v) is 12.4. The number of hydrogen-bond acceptors (Lipinski definition) is 3. The fraction of sp³-hybridized carbons (Fsp3) is 1.00. The van der Waals surface area contributed by atoms with Crippen LogP contribution in [0.5, 0.6) is 0 Å². The lowest BCUT2D eigenvalue weighted by atomic mass is 9.79. The van der Waals surface area contributed by atoms with Gasteiger partial charge < -0.3 is 10.6 Å². The molecule has 2 N–H and O–H groups in total. The second kappa shape index (κ2) is 6.55. The van der Waals surface area contributed by atoms with E-state index in [1.54, 1.807) is 0 Å². The minimum atomic E-state index is 0.805. The quantitative estimate of drug-likeness (QED) is 0.843. The van der Waals surface area contributed by atoms with Crippen LogP contribution >= 0.6 is 0 Å². The average Bonchev–Trinajstić information content (AvgIpc) is 3.09. The normalized spacial score (nSPS) is 38.1. The third-order valence-corrected chi connectivity index (χ3v) is 5.77. The van der Waals surface area contributed by atoms with Crippen LogP contribution in [-0.2, 0) is 0 Å². The van der Waals surface area contributed by atoms with Crippen LogP contribution in [0, 0.1) is 11.8 Å². The summed E-state index contributed by atoms with van der Waals surface area (Å²) >= 11 is 0. The first-order chi connectivity index (χ1) is 9.36. The van der Waals surface area contributed by atoms with Crippen molar-refractivity contribution in [3.8, 4) is 0 Å². The number of likely N-dealkylation sites (tertiary alicyclic amines) is 2. The Morgan fingerprint density at radius 1 is 0.842 bits per heavy atom. The first-order valence-corrected chi connectivity index (χ1v) is 8.53. The molecule has 3 fully saturated rings. The maximum atomic E-state index is 5.97. The summed E-state index contributed by atoms with van der Waals surface area (Å²) in [5, 5.41) is 0. The Labute approximate surface area is 118 Å². The van der Waals surface area contributed by atoms with Crippen LogP contribution in [0.15, 0.2) is 0 Å². The Morgan fingerprint density at radius 3 is 2.32 bits per heavy atom. The van der Waals surface area contributed by atoms with Gasteiger partial charge in [0.25, 0.3) is 0 Å². The molecule has 19 heavy (non-hydrogen) atoms. The maximum absolute atomic E-state index is 5.97. The van der Waals surface area contributed by atoms with Crippen molar-refractivity contribution in [2.24, 2.45) is 17.6 Å². The molecule has 110 valence electrons. The van der Waals surface area contributed by atoms with Crippen molar-refractivity contribution in [2.45, 2.75) is 51.0 Å². The largest absolute Gasteiger partial charge is 0.330 e. The summed E-state index contributed by atoms with van der Waals surface area (Å²) in [6.07, 6.45) is 9.90. The van der Waals surface area contributed by atoms with E-state index < -0.39 is 0 Å². The van der Waals surface area contributed by atoms with E-state index in [1.165, 1.54) is 77.7 Å². The SMILES string of the molecule is NCC1CCCCC1CN1CCC(N2CCCC2)C1. The van der Waals surface area contributed by atoms with Crippen molar-refractivity contribution in [3.05, 3.63) is 0 Å². The molecule has 3 atom stereocenters. The molecule has 0 aromatic rings. The van der Waals surface area contributed by atoms with Gasteiger partial charge in [0.05, 0.1) is 0 Å². The van der Waals surface area contributed by atoms with Gasteiger partial charge in [-0.15, -0.1) is 0 Å². The van der Waals surface area contributed by atoms with E-state index in [0.29, 0.717) is 0 Å². The van der Waals surface area contributed by atoms with E-state index in [1.807, 2.05) is 0 Å². The first kappa shape index (κ1) is 13.8. The summed E-state index contributed by atoms with van der Waals surface area (Å²) < 4.78 is 0. The zero-order chi connectivity index (χ0) is 13.1. The van der Waals surface area contributed by atoms with E-state index in [2.05, 4.69) is 9.80 Å². The Kier molecular flexibility index (Phi) is 4.78. The summed E-state index contributed by atoms with van der Waals surface area (Å²) in [6, 6.07) is 0.863. The van der Waals surface area contributed by atoms with Gasteiger partial charge in [0.1, 0.15) is 0 Å². The molecule has 3 aliphatic rings. The lowest BCUT2D eigenvalue weighted by molar-refractivity contribution is 0.162. The molecule has 3 unspecified atom stereocenters. The van der Waals surface area contributed by atoms with Crippen molar-refractivity contribution >= 4 is 0 Å². The van der Waals surface area contributed by atoms with Gasteiger partial charge >= 0.3 is 0 Å². The highest BCUT2D eigenvalue weighted by Crippen LogP contribution is 2.31. The van der Waals surface area contributed by atoms with Gasteiger partial charge in [-0.2, -0.15) is 0 Å². The number of rotatable bonds is 4. The molecule has 0 aromatic heterocycles. The van der Waals surface area contributed by atoms with Gasteiger partial charge in [0.15, 0.2) is 0 Å². The van der Waals surface area contributed by atoms with E-state index in [4.69, 9.17) is 5.73 Å². The van der Waals surface area contributed by atoms with Crippen molar-refractivity contribution in [2.75, 3.05) is 39.3 Å². The van der Waals surface area contributed by atoms with Crippen LogP contribution in [0.3, 0.4) is 0 Å². The summed E-state index contributed by atoms with van der Waals surface area (Å²) in [4.78, 5) is 5.48. The molecule has 1 saturated carbocycles. The van der Waals surface area contributed by atoms with Gasteiger partial charge in [-0.05, 0) is 70.1 Å². The topological polar surface area (TPSA) is 32.5 Å². The van der Waals surface area contributed by atoms with Crippen molar-refractivity contribution < 1.29 is 0 Å². The molecule has 3 rings (SSSR count). The predicted molar refractivity (Wildman–Crippen MR) is 80.2 cm³/mol. The molecular formula is C16H31N3. The average molecular weight is 265 g/mol. The second-order valence-electron chi connectivity index (χ2n) is 6.99. The molecule has 0 radical (unpaired) electrons. The van der Waals surface area contributed by atoms with Crippen LogP contribution in [-0.4, -0.2) is 55.1 Å². The van der Waals surface area contributed by atoms with Gasteiger partial charge in [-0.25, -0.2) is 0 Å². The van der Waals surface area contributed by atoms with Gasteiger partial charge in [-0.1, -0.05) is 12.8 Å². The van der Waals surface area contributed by atoms with Crippen molar-refractivity contribution in [3.63, 3.8) is 0 Å². The van der Waals surface area contributed by atoms with E-state index in [-0.39, 0.29) is 0 Å². The van der Waals surface area contributed by atoms with Crippen LogP contribution < -0.4 is 5.73 Å². The summed E-state index contributed by atoms with van der Waals surface area (Å²) in [7, 11) is 0. The first-order valence-electron chi connectivity index (χ1n) is 8.53. The molecule has 0 amide bonds. The Hall–Kier alpha value is -0.120. The van der Waals surface area contributed by atoms with Gasteiger partial charge in [-0.3, -0.25) is 4.90 Å². The minimum absolute atomic E-state index is 0.805. The Bertz CT molecular complexity index is 275. The van der Waals surface area contributed by atoms with Crippen molar-refractivity contribution in [1.29, 1.82) is 0 Å². The molecule has 3 heteroatoms. The highest BCUT2D eigenvalue weighted by atomic mass is 15.3. The fourth-order valence-electron chi connectivity index (χ4n) is 4.55. The number of nitrogens with two attached hydrogens (primary N) is 1. The molecule has 3 nitrogen and oxygen atoms in total. The lowest BCUT2D eigenvalue weighted by Crippen LogP contribution is -2.39. The standard InChI is InChI=1S/C16H31N3/c17-11-14-5-1-2-6-15(14)12-18-10-7-16(13-18)19-8-3-4-9-19/h14-16H,1-13,17H2. The van der Waals surface area contributed by atoms with Crippen LogP contribution in [0.25, 0.3) is 0 Å². The molecule has 0 spiro atoms. The molecule has 2 saturated heterocycles. The second-order valence-corrected chi connectivity index (χ2v) is 6.99. The summed E-state index contributed by atoms with van der Waals surface area (Å²) in [6.45, 7) is 7.60. The molecule has 0 aromatic carbocycles. The number of nitrogens with zero attached hydrogens (tertiary/aromatic N) is 2.